The van der Waals surface area contributed by atoms with E-state index in [1.807, 2.05) is 0 Å². The van der Waals surface area contributed by atoms with Crippen LogP contribution in [-0.2, 0) is 4.74 Å². The lowest BCUT2D eigenvalue weighted by molar-refractivity contribution is -0.00367. The average Bonchev–Trinajstić information content (AvgIpc) is 2.41. The summed E-state index contributed by atoms with van der Waals surface area (Å²) in [7, 11) is 0. The summed E-state index contributed by atoms with van der Waals surface area (Å²) >= 11 is 0. The Hall–Kier alpha value is -0.120. The number of unbranched alkanes of at least 4 members (excludes halogenated alkanes) is 1. The van der Waals surface area contributed by atoms with Gasteiger partial charge in [0.15, 0.2) is 0 Å². The van der Waals surface area contributed by atoms with Gasteiger partial charge in [0.05, 0.1) is 6.10 Å². The molecule has 1 aliphatic heterocycles. The summed E-state index contributed by atoms with van der Waals surface area (Å²) in [6, 6.07) is 0.801. The first-order valence-corrected chi connectivity index (χ1v) is 7.87. The number of rotatable bonds is 9. The Morgan fingerprint density at radius 1 is 1.22 bits per heavy atom. The van der Waals surface area contributed by atoms with E-state index in [4.69, 9.17) is 10.5 Å². The van der Waals surface area contributed by atoms with Gasteiger partial charge < -0.3 is 15.4 Å². The SMILES string of the molecule is CCCCC(CC)N1CCC(OCCCN)CC1. The van der Waals surface area contributed by atoms with Crippen molar-refractivity contribution in [2.75, 3.05) is 26.2 Å². The molecule has 3 nitrogen and oxygen atoms in total. The Morgan fingerprint density at radius 2 is 1.94 bits per heavy atom. The molecule has 1 heterocycles. The molecule has 0 aromatic heterocycles. The van der Waals surface area contributed by atoms with Crippen molar-refractivity contribution in [2.24, 2.45) is 5.73 Å². The summed E-state index contributed by atoms with van der Waals surface area (Å²) < 4.78 is 5.86. The maximum absolute atomic E-state index is 5.86. The van der Waals surface area contributed by atoms with Crippen molar-refractivity contribution in [1.82, 2.24) is 4.90 Å². The molecule has 0 aromatic rings. The van der Waals surface area contributed by atoms with Gasteiger partial charge in [-0.25, -0.2) is 0 Å². The highest BCUT2D eigenvalue weighted by atomic mass is 16.5. The predicted molar refractivity (Wildman–Crippen MR) is 77.8 cm³/mol. The smallest absolute Gasteiger partial charge is 0.0599 e. The molecule has 1 aliphatic rings. The highest BCUT2D eigenvalue weighted by molar-refractivity contribution is 4.78. The van der Waals surface area contributed by atoms with Crippen LogP contribution in [0.15, 0.2) is 0 Å². The predicted octanol–water partition coefficient (Wildman–Crippen LogP) is 2.79. The third kappa shape index (κ3) is 5.68. The molecule has 3 heteroatoms. The van der Waals surface area contributed by atoms with Crippen molar-refractivity contribution in [3.8, 4) is 0 Å². The van der Waals surface area contributed by atoms with Gasteiger partial charge in [-0.15, -0.1) is 0 Å². The van der Waals surface area contributed by atoms with E-state index in [-0.39, 0.29) is 0 Å². The lowest BCUT2D eigenvalue weighted by Crippen LogP contribution is -2.43. The van der Waals surface area contributed by atoms with Crippen LogP contribution < -0.4 is 5.73 Å². The summed E-state index contributed by atoms with van der Waals surface area (Å²) in [6.07, 6.45) is 9.22. The number of hydrogen-bond donors (Lipinski definition) is 1. The van der Waals surface area contributed by atoms with E-state index < -0.39 is 0 Å². The molecule has 18 heavy (non-hydrogen) atoms. The fourth-order valence-corrected chi connectivity index (χ4v) is 2.83. The Morgan fingerprint density at radius 3 is 2.50 bits per heavy atom. The van der Waals surface area contributed by atoms with Gasteiger partial charge >= 0.3 is 0 Å². The number of nitrogens with zero attached hydrogens (tertiary/aromatic N) is 1. The summed E-state index contributed by atoms with van der Waals surface area (Å²) in [5.41, 5.74) is 5.48. The summed E-state index contributed by atoms with van der Waals surface area (Å²) in [5, 5.41) is 0. The second kappa shape index (κ2) is 9.76. The first kappa shape index (κ1) is 15.9. The summed E-state index contributed by atoms with van der Waals surface area (Å²) in [5.74, 6) is 0. The van der Waals surface area contributed by atoms with E-state index in [1.54, 1.807) is 0 Å². The van der Waals surface area contributed by atoms with Crippen molar-refractivity contribution in [1.29, 1.82) is 0 Å². The minimum atomic E-state index is 0.483. The fraction of sp³-hybridized carbons (Fsp3) is 1.00. The molecule has 0 saturated carbocycles. The van der Waals surface area contributed by atoms with Crippen molar-refractivity contribution >= 4 is 0 Å². The number of hydrogen-bond acceptors (Lipinski definition) is 3. The van der Waals surface area contributed by atoms with Crippen molar-refractivity contribution in [2.45, 2.75) is 70.9 Å². The number of ether oxygens (including phenoxy) is 1. The Labute approximate surface area is 113 Å². The van der Waals surface area contributed by atoms with E-state index in [0.717, 1.165) is 25.6 Å². The van der Waals surface area contributed by atoms with Crippen LogP contribution in [0.3, 0.4) is 0 Å². The number of nitrogens with two attached hydrogens (primary N) is 1. The second-order valence-corrected chi connectivity index (χ2v) is 5.45. The zero-order chi connectivity index (χ0) is 13.2. The van der Waals surface area contributed by atoms with Gasteiger partial charge in [-0.1, -0.05) is 26.7 Å². The molecule has 108 valence electrons. The first-order valence-electron chi connectivity index (χ1n) is 7.87. The van der Waals surface area contributed by atoms with E-state index in [1.165, 1.54) is 51.6 Å². The van der Waals surface area contributed by atoms with Crippen LogP contribution in [0, 0.1) is 0 Å². The van der Waals surface area contributed by atoms with Crippen LogP contribution in [0.5, 0.6) is 0 Å². The lowest BCUT2D eigenvalue weighted by atomic mass is 10.0. The van der Waals surface area contributed by atoms with E-state index in [9.17, 15) is 0 Å². The minimum Gasteiger partial charge on any atom is -0.378 e. The molecule has 0 radical (unpaired) electrons. The van der Waals surface area contributed by atoms with Crippen molar-refractivity contribution in [3.05, 3.63) is 0 Å². The highest BCUT2D eigenvalue weighted by Gasteiger charge is 2.23. The van der Waals surface area contributed by atoms with Crippen LogP contribution >= 0.6 is 0 Å². The molecule has 0 spiro atoms. The third-order valence-electron chi connectivity index (χ3n) is 4.06. The van der Waals surface area contributed by atoms with Crippen molar-refractivity contribution < 1.29 is 4.74 Å². The molecule has 1 atom stereocenters. The molecule has 1 rings (SSSR count). The second-order valence-electron chi connectivity index (χ2n) is 5.45. The topological polar surface area (TPSA) is 38.5 Å². The summed E-state index contributed by atoms with van der Waals surface area (Å²) in [4.78, 5) is 2.68. The van der Waals surface area contributed by atoms with Crippen LogP contribution in [0.2, 0.25) is 0 Å². The normalized spacial score (nSPS) is 20.2. The summed E-state index contributed by atoms with van der Waals surface area (Å²) in [6.45, 7) is 8.63. The molecule has 1 saturated heterocycles. The zero-order valence-electron chi connectivity index (χ0n) is 12.4. The monoisotopic (exact) mass is 256 g/mol. The first-order chi connectivity index (χ1) is 8.81. The molecule has 0 amide bonds. The molecule has 1 unspecified atom stereocenters. The van der Waals surface area contributed by atoms with E-state index in [0.29, 0.717) is 6.10 Å². The average molecular weight is 256 g/mol. The Kier molecular flexibility index (Phi) is 8.64. The van der Waals surface area contributed by atoms with Gasteiger partial charge in [0.1, 0.15) is 0 Å². The molecule has 0 aliphatic carbocycles. The van der Waals surface area contributed by atoms with Gasteiger partial charge in [-0.3, -0.25) is 0 Å². The quantitative estimate of drug-likeness (QED) is 0.645. The fourth-order valence-electron chi connectivity index (χ4n) is 2.83. The lowest BCUT2D eigenvalue weighted by Gasteiger charge is -2.37. The van der Waals surface area contributed by atoms with E-state index in [2.05, 4.69) is 18.7 Å². The van der Waals surface area contributed by atoms with Crippen LogP contribution in [0.1, 0.15) is 58.8 Å². The standard InChI is InChI=1S/C15H32N2O/c1-3-5-7-14(4-2)17-11-8-15(9-12-17)18-13-6-10-16/h14-15H,3-13,16H2,1-2H3. The van der Waals surface area contributed by atoms with Gasteiger partial charge in [-0.2, -0.15) is 0 Å². The van der Waals surface area contributed by atoms with Gasteiger partial charge in [0, 0.05) is 25.7 Å². The molecular formula is C15H32N2O. The van der Waals surface area contributed by atoms with Crippen LogP contribution in [0.4, 0.5) is 0 Å². The number of likely N-dealkylation sites (tertiary alicyclic amines) is 1. The third-order valence-corrected chi connectivity index (χ3v) is 4.06. The zero-order valence-corrected chi connectivity index (χ0v) is 12.4. The molecule has 2 N–H and O–H groups in total. The van der Waals surface area contributed by atoms with Crippen molar-refractivity contribution in [3.63, 3.8) is 0 Å². The van der Waals surface area contributed by atoms with E-state index >= 15 is 0 Å². The molecule has 0 bridgehead atoms. The molecule has 1 fully saturated rings. The van der Waals surface area contributed by atoms with Crippen LogP contribution in [0.25, 0.3) is 0 Å². The molecule has 0 aromatic carbocycles. The van der Waals surface area contributed by atoms with Crippen LogP contribution in [-0.4, -0.2) is 43.3 Å². The van der Waals surface area contributed by atoms with Gasteiger partial charge in [0.25, 0.3) is 0 Å². The van der Waals surface area contributed by atoms with Gasteiger partial charge in [-0.05, 0) is 38.6 Å². The molecular weight excluding hydrogens is 224 g/mol. The Bertz CT molecular complexity index is 191. The maximum atomic E-state index is 5.86. The number of piperidine rings is 1. The Balaban J connectivity index is 2.20. The van der Waals surface area contributed by atoms with Gasteiger partial charge in [0.2, 0.25) is 0 Å². The largest absolute Gasteiger partial charge is 0.378 e. The minimum absolute atomic E-state index is 0.483. The highest BCUT2D eigenvalue weighted by Crippen LogP contribution is 2.20. The maximum Gasteiger partial charge on any atom is 0.0599 e.